The van der Waals surface area contributed by atoms with E-state index in [9.17, 15) is 25.8 Å². The summed E-state index contributed by atoms with van der Waals surface area (Å²) >= 11 is -2.25. The molecule has 0 saturated carbocycles. The number of hydrogen-bond acceptors (Lipinski definition) is 5. The molecule has 6 nitrogen and oxygen atoms in total. The molecule has 0 amide bonds. The van der Waals surface area contributed by atoms with Crippen molar-refractivity contribution in [2.45, 2.75) is 16.7 Å². The molecular formula is C18H21F3N2O4S2. The summed E-state index contributed by atoms with van der Waals surface area (Å²) in [6.45, 7) is 4.65. The first kappa shape index (κ1) is 23.3. The summed E-state index contributed by atoms with van der Waals surface area (Å²) in [6, 6.07) is 6.71. The second-order valence-electron chi connectivity index (χ2n) is 6.08. The van der Waals surface area contributed by atoms with Crippen molar-refractivity contribution in [3.8, 4) is 0 Å². The Balaban J connectivity index is 0.000000234. The summed E-state index contributed by atoms with van der Waals surface area (Å²) in [4.78, 5) is 1.83. The van der Waals surface area contributed by atoms with E-state index in [1.165, 1.54) is 6.07 Å². The number of hydrogen-bond donors (Lipinski definition) is 2. The first-order valence-corrected chi connectivity index (χ1v) is 11.5. The summed E-state index contributed by atoms with van der Waals surface area (Å²) in [5.41, 5.74) is 0.478. The van der Waals surface area contributed by atoms with Crippen molar-refractivity contribution in [1.82, 2.24) is 5.32 Å². The Morgan fingerprint density at radius 3 is 2.21 bits per heavy atom. The lowest BCUT2D eigenvalue weighted by molar-refractivity contribution is 0.503. The van der Waals surface area contributed by atoms with E-state index in [4.69, 9.17) is 4.55 Å². The quantitative estimate of drug-likeness (QED) is 0.697. The van der Waals surface area contributed by atoms with Crippen LogP contribution < -0.4 is 10.2 Å². The van der Waals surface area contributed by atoms with Gasteiger partial charge in [-0.3, -0.25) is 0 Å². The van der Waals surface area contributed by atoms with Crippen LogP contribution in [0, 0.1) is 17.5 Å². The lowest BCUT2D eigenvalue weighted by atomic mass is 10.2. The molecule has 2 aromatic rings. The van der Waals surface area contributed by atoms with E-state index in [0.29, 0.717) is 11.8 Å². The fraction of sp³-hybridized carbons (Fsp3) is 0.333. The highest BCUT2D eigenvalue weighted by Crippen LogP contribution is 2.23. The van der Waals surface area contributed by atoms with Gasteiger partial charge in [-0.1, -0.05) is 6.92 Å². The fourth-order valence-corrected chi connectivity index (χ4v) is 3.88. The minimum atomic E-state index is -3.34. The van der Waals surface area contributed by atoms with Gasteiger partial charge in [0.1, 0.15) is 5.82 Å². The van der Waals surface area contributed by atoms with Crippen molar-refractivity contribution in [1.29, 1.82) is 0 Å². The van der Waals surface area contributed by atoms with Gasteiger partial charge in [-0.15, -0.1) is 0 Å². The molecule has 29 heavy (non-hydrogen) atoms. The van der Waals surface area contributed by atoms with Crippen LogP contribution >= 0.6 is 0 Å². The van der Waals surface area contributed by atoms with Crippen molar-refractivity contribution in [2.75, 3.05) is 36.8 Å². The molecule has 3 rings (SSSR count). The number of piperazine rings is 1. The largest absolute Gasteiger partial charge is 0.367 e. The number of rotatable bonds is 4. The first-order chi connectivity index (χ1) is 13.7. The second kappa shape index (κ2) is 10.2. The van der Waals surface area contributed by atoms with Crippen LogP contribution in [0.4, 0.5) is 18.9 Å². The van der Waals surface area contributed by atoms with E-state index in [-0.39, 0.29) is 15.5 Å². The monoisotopic (exact) mass is 450 g/mol. The molecule has 0 spiro atoms. The van der Waals surface area contributed by atoms with Crippen LogP contribution in [-0.2, 0) is 20.9 Å². The summed E-state index contributed by atoms with van der Waals surface area (Å²) < 4.78 is 80.5. The van der Waals surface area contributed by atoms with Gasteiger partial charge in [-0.25, -0.2) is 25.8 Å². The molecule has 1 aliphatic rings. The third kappa shape index (κ3) is 6.26. The summed E-state index contributed by atoms with van der Waals surface area (Å²) in [5.74, 6) is -2.63. The zero-order valence-electron chi connectivity index (χ0n) is 15.6. The van der Waals surface area contributed by atoms with E-state index in [1.807, 2.05) is 4.90 Å². The highest BCUT2D eigenvalue weighted by atomic mass is 32.2. The zero-order valence-corrected chi connectivity index (χ0v) is 17.2. The highest BCUT2D eigenvalue weighted by Gasteiger charge is 2.18. The molecule has 1 heterocycles. The minimum Gasteiger partial charge on any atom is -0.367 e. The standard InChI is InChI=1S/C12H17FN2O2S.C6H4F2O2S/c1-2-18(16,17)10-3-4-12(11(13)9-10)15-7-5-14-6-8-15;7-5-2-1-4(11(9)10)3-6(5)8/h3-4,9,14H,2,5-8H2,1H3;1-3H,(H,9,10). The topological polar surface area (TPSA) is 86.7 Å². The molecule has 1 fully saturated rings. The van der Waals surface area contributed by atoms with Crippen LogP contribution in [0.25, 0.3) is 0 Å². The summed E-state index contributed by atoms with van der Waals surface area (Å²) in [5, 5.41) is 3.19. The molecule has 1 unspecified atom stereocenters. The van der Waals surface area contributed by atoms with E-state index in [2.05, 4.69) is 5.32 Å². The first-order valence-electron chi connectivity index (χ1n) is 8.69. The molecule has 1 aliphatic heterocycles. The van der Waals surface area contributed by atoms with Gasteiger partial charge in [-0.2, -0.15) is 0 Å². The van der Waals surface area contributed by atoms with Gasteiger partial charge in [-0.05, 0) is 36.4 Å². The average Bonchev–Trinajstić information content (AvgIpc) is 2.71. The minimum absolute atomic E-state index is 0.0145. The zero-order chi connectivity index (χ0) is 21.6. The van der Waals surface area contributed by atoms with Crippen molar-refractivity contribution in [3.05, 3.63) is 53.8 Å². The lowest BCUT2D eigenvalue weighted by Gasteiger charge is -2.29. The van der Waals surface area contributed by atoms with Crippen molar-refractivity contribution in [3.63, 3.8) is 0 Å². The second-order valence-corrected chi connectivity index (χ2v) is 9.33. The smallest absolute Gasteiger partial charge is 0.186 e. The number of nitrogens with zero attached hydrogens (tertiary/aromatic N) is 1. The van der Waals surface area contributed by atoms with Crippen LogP contribution in [0.5, 0.6) is 0 Å². The molecular weight excluding hydrogens is 429 g/mol. The Labute approximate surface area is 169 Å². The predicted octanol–water partition coefficient (Wildman–Crippen LogP) is 2.57. The fourth-order valence-electron chi connectivity index (χ4n) is 2.60. The van der Waals surface area contributed by atoms with E-state index >= 15 is 0 Å². The number of halogens is 3. The van der Waals surface area contributed by atoms with Crippen LogP contribution in [0.1, 0.15) is 6.92 Å². The third-order valence-corrected chi connectivity index (χ3v) is 6.60. The molecule has 0 radical (unpaired) electrons. The van der Waals surface area contributed by atoms with Crippen molar-refractivity contribution in [2.24, 2.45) is 0 Å². The Hall–Kier alpha value is -1.95. The predicted molar refractivity (Wildman–Crippen MR) is 105 cm³/mol. The molecule has 11 heteroatoms. The van der Waals surface area contributed by atoms with Crippen molar-refractivity contribution < 1.29 is 30.4 Å². The van der Waals surface area contributed by atoms with Gasteiger partial charge in [0.2, 0.25) is 0 Å². The van der Waals surface area contributed by atoms with E-state index in [1.54, 1.807) is 13.0 Å². The van der Waals surface area contributed by atoms with Crippen LogP contribution in [0.3, 0.4) is 0 Å². The van der Waals surface area contributed by atoms with E-state index < -0.39 is 38.4 Å². The van der Waals surface area contributed by atoms with Crippen LogP contribution in [0.15, 0.2) is 46.2 Å². The molecule has 2 N–H and O–H groups in total. The van der Waals surface area contributed by atoms with Crippen LogP contribution in [0.2, 0.25) is 0 Å². The number of benzene rings is 2. The van der Waals surface area contributed by atoms with Crippen LogP contribution in [-0.4, -0.2) is 49.1 Å². The maximum atomic E-state index is 14.0. The molecule has 2 aromatic carbocycles. The Morgan fingerprint density at radius 2 is 1.69 bits per heavy atom. The third-order valence-electron chi connectivity index (χ3n) is 4.21. The van der Waals surface area contributed by atoms with E-state index in [0.717, 1.165) is 44.4 Å². The normalized spacial score (nSPS) is 15.4. The summed E-state index contributed by atoms with van der Waals surface area (Å²) in [7, 11) is -3.34. The molecule has 0 bridgehead atoms. The van der Waals surface area contributed by atoms with Gasteiger partial charge in [0.05, 0.1) is 21.2 Å². The van der Waals surface area contributed by atoms with Gasteiger partial charge >= 0.3 is 0 Å². The number of nitrogens with one attached hydrogen (secondary N) is 1. The average molecular weight is 451 g/mol. The number of anilines is 1. The van der Waals surface area contributed by atoms with Gasteiger partial charge in [0.15, 0.2) is 32.6 Å². The Morgan fingerprint density at radius 1 is 1.03 bits per heavy atom. The molecule has 0 aliphatic carbocycles. The summed E-state index contributed by atoms with van der Waals surface area (Å²) in [6.07, 6.45) is 0. The number of sulfone groups is 1. The molecule has 1 atom stereocenters. The van der Waals surface area contributed by atoms with Gasteiger partial charge < -0.3 is 14.8 Å². The Kier molecular flexibility index (Phi) is 8.20. The lowest BCUT2D eigenvalue weighted by Crippen LogP contribution is -2.43. The highest BCUT2D eigenvalue weighted by molar-refractivity contribution is 7.91. The molecule has 1 saturated heterocycles. The Bertz CT molecular complexity index is 981. The van der Waals surface area contributed by atoms with Gasteiger partial charge in [0, 0.05) is 26.2 Å². The molecule has 0 aromatic heterocycles. The maximum Gasteiger partial charge on any atom is 0.186 e. The SMILES string of the molecule is CCS(=O)(=O)c1ccc(N2CCNCC2)c(F)c1.O=S(O)c1ccc(F)c(F)c1. The maximum absolute atomic E-state index is 14.0. The molecule has 160 valence electrons. The van der Waals surface area contributed by atoms with Gasteiger partial charge in [0.25, 0.3) is 0 Å². The van der Waals surface area contributed by atoms with Crippen molar-refractivity contribution >= 4 is 26.6 Å².